The quantitative estimate of drug-likeness (QED) is 0.743. The number of aromatic nitrogens is 1. The zero-order valence-electron chi connectivity index (χ0n) is 13.3. The molecule has 0 radical (unpaired) electrons. The lowest BCUT2D eigenvalue weighted by atomic mass is 9.55. The fourth-order valence-corrected chi connectivity index (χ4v) is 6.10. The van der Waals surface area contributed by atoms with Crippen LogP contribution in [0.15, 0.2) is 24.4 Å². The lowest BCUT2D eigenvalue weighted by Gasteiger charge is -2.50. The number of nitrogens with one attached hydrogen (secondary N) is 1. The Balaban J connectivity index is 1.59. The molecule has 3 aliphatic carbocycles. The first-order valence-electron chi connectivity index (χ1n) is 8.95. The first-order valence-corrected chi connectivity index (χ1v) is 8.95. The van der Waals surface area contributed by atoms with E-state index in [9.17, 15) is 5.11 Å². The molecule has 22 heavy (non-hydrogen) atoms. The van der Waals surface area contributed by atoms with Gasteiger partial charge < -0.3 is 10.1 Å². The zero-order chi connectivity index (χ0) is 14.9. The second-order valence-electron chi connectivity index (χ2n) is 8.17. The monoisotopic (exact) mass is 295 g/mol. The molecule has 0 saturated heterocycles. The van der Waals surface area contributed by atoms with Gasteiger partial charge in [-0.3, -0.25) is 0 Å². The highest BCUT2D eigenvalue weighted by Crippen LogP contribution is 2.60. The molecule has 2 heteroatoms. The molecule has 0 unspecified atom stereocenters. The van der Waals surface area contributed by atoms with Gasteiger partial charge in [0.05, 0.1) is 6.10 Å². The summed E-state index contributed by atoms with van der Waals surface area (Å²) in [6.45, 7) is 2.36. The molecule has 5 atom stereocenters. The predicted octanol–water partition coefficient (Wildman–Crippen LogP) is 4.38. The van der Waals surface area contributed by atoms with Crippen LogP contribution in [0.2, 0.25) is 0 Å². The average molecular weight is 295 g/mol. The van der Waals surface area contributed by atoms with Gasteiger partial charge in [-0.1, -0.05) is 6.92 Å². The summed E-state index contributed by atoms with van der Waals surface area (Å²) in [7, 11) is 0. The normalized spacial score (nSPS) is 40.3. The number of aliphatic hydroxyl groups is 1. The first-order chi connectivity index (χ1) is 10.7. The van der Waals surface area contributed by atoms with E-state index in [-0.39, 0.29) is 11.5 Å². The van der Waals surface area contributed by atoms with Crippen LogP contribution < -0.4 is 0 Å². The molecule has 0 spiro atoms. The van der Waals surface area contributed by atoms with E-state index >= 15 is 0 Å². The van der Waals surface area contributed by atoms with Crippen molar-refractivity contribution in [2.45, 2.75) is 57.5 Å². The van der Waals surface area contributed by atoms with Crippen LogP contribution in [0.5, 0.6) is 0 Å². The van der Waals surface area contributed by atoms with Gasteiger partial charge in [-0.25, -0.2) is 0 Å². The van der Waals surface area contributed by atoms with Crippen molar-refractivity contribution in [2.24, 2.45) is 17.3 Å². The fraction of sp³-hybridized carbons (Fsp3) is 0.600. The molecular weight excluding hydrogens is 270 g/mol. The van der Waals surface area contributed by atoms with Crippen molar-refractivity contribution in [3.05, 3.63) is 35.5 Å². The molecule has 3 aliphatic rings. The Morgan fingerprint density at radius 3 is 3.00 bits per heavy atom. The second-order valence-corrected chi connectivity index (χ2v) is 8.17. The number of aryl methyl sites for hydroxylation is 1. The smallest absolute Gasteiger partial charge is 0.0596 e. The molecule has 116 valence electrons. The van der Waals surface area contributed by atoms with Crippen molar-refractivity contribution in [2.75, 3.05) is 0 Å². The molecule has 0 bridgehead atoms. The van der Waals surface area contributed by atoms with E-state index in [1.165, 1.54) is 43.0 Å². The maximum atomic E-state index is 10.5. The molecule has 1 aromatic heterocycles. The Morgan fingerprint density at radius 1 is 1.18 bits per heavy atom. The molecule has 2 saturated carbocycles. The Morgan fingerprint density at radius 2 is 2.09 bits per heavy atom. The molecule has 1 heterocycles. The summed E-state index contributed by atoms with van der Waals surface area (Å²) in [6.07, 6.45) is 9.24. The Labute approximate surface area is 131 Å². The number of fused-ring (bicyclic) bond motifs is 6. The lowest BCUT2D eigenvalue weighted by Crippen LogP contribution is -2.43. The van der Waals surface area contributed by atoms with Gasteiger partial charge in [-0.05, 0) is 96.4 Å². The second kappa shape index (κ2) is 4.38. The number of aromatic amines is 1. The van der Waals surface area contributed by atoms with E-state index in [2.05, 4.69) is 36.3 Å². The van der Waals surface area contributed by atoms with Gasteiger partial charge in [0.15, 0.2) is 0 Å². The van der Waals surface area contributed by atoms with Crippen molar-refractivity contribution in [1.29, 1.82) is 0 Å². The molecule has 0 aliphatic heterocycles. The number of aliphatic hydroxyl groups excluding tert-OH is 1. The highest BCUT2D eigenvalue weighted by Gasteiger charge is 2.54. The van der Waals surface area contributed by atoms with Crippen LogP contribution in [0.25, 0.3) is 10.9 Å². The minimum Gasteiger partial charge on any atom is -0.393 e. The third kappa shape index (κ3) is 1.59. The van der Waals surface area contributed by atoms with Gasteiger partial charge in [-0.15, -0.1) is 0 Å². The summed E-state index contributed by atoms with van der Waals surface area (Å²) in [6, 6.07) is 7.04. The molecule has 2 fully saturated rings. The zero-order valence-corrected chi connectivity index (χ0v) is 13.3. The van der Waals surface area contributed by atoms with E-state index in [1.54, 1.807) is 11.1 Å². The minimum atomic E-state index is -0.0630. The molecule has 2 nitrogen and oxygen atoms in total. The maximum Gasteiger partial charge on any atom is 0.0596 e. The van der Waals surface area contributed by atoms with Crippen LogP contribution in [-0.4, -0.2) is 16.2 Å². The summed E-state index contributed by atoms with van der Waals surface area (Å²) in [5, 5.41) is 11.8. The number of hydrogen-bond acceptors (Lipinski definition) is 1. The third-order valence-electron chi connectivity index (χ3n) is 7.35. The summed E-state index contributed by atoms with van der Waals surface area (Å²) >= 11 is 0. The van der Waals surface area contributed by atoms with E-state index in [1.807, 2.05) is 0 Å². The largest absolute Gasteiger partial charge is 0.393 e. The van der Waals surface area contributed by atoms with Crippen molar-refractivity contribution in [1.82, 2.24) is 4.98 Å². The van der Waals surface area contributed by atoms with Crippen LogP contribution in [0.4, 0.5) is 0 Å². The average Bonchev–Trinajstić information content (AvgIpc) is 3.09. The van der Waals surface area contributed by atoms with E-state index < -0.39 is 0 Å². The Bertz CT molecular complexity index is 732. The molecule has 2 aromatic rings. The van der Waals surface area contributed by atoms with E-state index in [0.717, 1.165) is 24.2 Å². The summed E-state index contributed by atoms with van der Waals surface area (Å²) in [4.78, 5) is 3.36. The fourth-order valence-electron chi connectivity index (χ4n) is 6.10. The number of H-pyrrole nitrogens is 1. The predicted molar refractivity (Wildman–Crippen MR) is 88.9 cm³/mol. The molecule has 0 amide bonds. The highest BCUT2D eigenvalue weighted by atomic mass is 16.3. The number of hydrogen-bond donors (Lipinski definition) is 2. The van der Waals surface area contributed by atoms with E-state index in [4.69, 9.17) is 0 Å². The molecular formula is C20H25NO. The van der Waals surface area contributed by atoms with E-state index in [0.29, 0.717) is 0 Å². The Hall–Kier alpha value is -1.28. The van der Waals surface area contributed by atoms with Crippen LogP contribution in [0.1, 0.15) is 56.1 Å². The van der Waals surface area contributed by atoms with Crippen LogP contribution in [0, 0.1) is 17.3 Å². The van der Waals surface area contributed by atoms with Gasteiger partial charge in [0.2, 0.25) is 0 Å². The Kier molecular flexibility index (Phi) is 2.63. The summed E-state index contributed by atoms with van der Waals surface area (Å²) < 4.78 is 0. The van der Waals surface area contributed by atoms with Gasteiger partial charge in [0.25, 0.3) is 0 Å². The topological polar surface area (TPSA) is 36.0 Å². The SMILES string of the molecule is C[C@]12CC[C@@H]3c4cc5cc[nH]c5cc4CC[C@H]3[C@@H]1CC[C@@H]2O. The van der Waals surface area contributed by atoms with Crippen LogP contribution >= 0.6 is 0 Å². The van der Waals surface area contributed by atoms with Gasteiger partial charge in [-0.2, -0.15) is 0 Å². The number of rotatable bonds is 0. The highest BCUT2D eigenvalue weighted by molar-refractivity contribution is 5.81. The van der Waals surface area contributed by atoms with Crippen molar-refractivity contribution in [3.8, 4) is 0 Å². The number of benzene rings is 1. The van der Waals surface area contributed by atoms with Crippen LogP contribution in [0.3, 0.4) is 0 Å². The van der Waals surface area contributed by atoms with Crippen LogP contribution in [-0.2, 0) is 6.42 Å². The molecule has 2 N–H and O–H groups in total. The lowest BCUT2D eigenvalue weighted by molar-refractivity contribution is -0.0225. The standard InChI is InChI=1S/C20H25NO/c1-20-8-6-14-15(17(20)4-5-19(20)22)3-2-12-11-18-13(7-9-21-18)10-16(12)14/h7,9-11,14-15,17,19,21-22H,2-6,8H2,1H3/t14-,15+,17-,19-,20-/m0/s1. The van der Waals surface area contributed by atoms with Gasteiger partial charge in [0.1, 0.15) is 0 Å². The first kappa shape index (κ1) is 13.2. The third-order valence-corrected chi connectivity index (χ3v) is 7.35. The van der Waals surface area contributed by atoms with Crippen molar-refractivity contribution >= 4 is 10.9 Å². The van der Waals surface area contributed by atoms with Gasteiger partial charge >= 0.3 is 0 Å². The van der Waals surface area contributed by atoms with Crippen molar-refractivity contribution < 1.29 is 5.11 Å². The van der Waals surface area contributed by atoms with Gasteiger partial charge in [0, 0.05) is 11.7 Å². The molecule has 5 rings (SSSR count). The van der Waals surface area contributed by atoms with Crippen molar-refractivity contribution in [3.63, 3.8) is 0 Å². The summed E-state index contributed by atoms with van der Waals surface area (Å²) in [5.74, 6) is 2.25. The minimum absolute atomic E-state index is 0.0630. The summed E-state index contributed by atoms with van der Waals surface area (Å²) in [5.41, 5.74) is 4.66. The maximum absolute atomic E-state index is 10.5. The molecule has 1 aromatic carbocycles.